The van der Waals surface area contributed by atoms with Gasteiger partial charge in [0.05, 0.1) is 0 Å². The fourth-order valence-electron chi connectivity index (χ4n) is 3.50. The van der Waals surface area contributed by atoms with E-state index in [1.165, 1.54) is 12.0 Å². The Balaban J connectivity index is 0.000000891. The highest BCUT2D eigenvalue weighted by Crippen LogP contribution is 2.38. The number of aliphatic carboxylic acids is 1. The second kappa shape index (κ2) is 9.36. The van der Waals surface area contributed by atoms with Crippen molar-refractivity contribution in [2.45, 2.75) is 65.1 Å². The molecular formula is C19H27NO4. The molecule has 5 nitrogen and oxygen atoms in total. The van der Waals surface area contributed by atoms with Gasteiger partial charge in [0, 0.05) is 25.0 Å². The van der Waals surface area contributed by atoms with Crippen molar-refractivity contribution in [1.82, 2.24) is 4.90 Å². The number of likely N-dealkylation sites (tertiary alicyclic amines) is 1. The first-order valence-corrected chi connectivity index (χ1v) is 8.30. The van der Waals surface area contributed by atoms with E-state index in [2.05, 4.69) is 49.9 Å². The third kappa shape index (κ3) is 6.26. The van der Waals surface area contributed by atoms with E-state index in [4.69, 9.17) is 14.7 Å². The third-order valence-electron chi connectivity index (χ3n) is 4.54. The summed E-state index contributed by atoms with van der Waals surface area (Å²) in [6.07, 6.45) is 3.56. The highest BCUT2D eigenvalue weighted by molar-refractivity contribution is 5.66. The molecule has 132 valence electrons. The lowest BCUT2D eigenvalue weighted by Gasteiger charge is -2.38. The van der Waals surface area contributed by atoms with Gasteiger partial charge in [-0.05, 0) is 30.2 Å². The number of hydrogen-bond acceptors (Lipinski definition) is 4. The number of nitrogens with zero attached hydrogens (tertiary/aromatic N) is 1. The maximum Gasteiger partial charge on any atom is 0.373 e. The topological polar surface area (TPSA) is 74.7 Å². The molecule has 0 unspecified atom stereocenters. The van der Waals surface area contributed by atoms with Crippen molar-refractivity contribution in [3.05, 3.63) is 35.9 Å². The summed E-state index contributed by atoms with van der Waals surface area (Å²) < 4.78 is 0. The van der Waals surface area contributed by atoms with Crippen molar-refractivity contribution in [3.8, 4) is 0 Å². The van der Waals surface area contributed by atoms with Crippen LogP contribution in [0.4, 0.5) is 0 Å². The third-order valence-corrected chi connectivity index (χ3v) is 4.54. The quantitative estimate of drug-likeness (QED) is 0.894. The molecule has 1 saturated heterocycles. The van der Waals surface area contributed by atoms with Gasteiger partial charge in [-0.1, -0.05) is 51.1 Å². The van der Waals surface area contributed by atoms with Crippen LogP contribution in [0.3, 0.4) is 0 Å². The molecule has 1 aromatic carbocycles. The molecule has 0 radical (unpaired) electrons. The smallest absolute Gasteiger partial charge is 0.373 e. The fraction of sp³-hybridized carbons (Fsp3) is 0.579. The number of carboxylic acids is 1. The van der Waals surface area contributed by atoms with Gasteiger partial charge in [0.1, 0.15) is 0 Å². The second-order valence-electron chi connectivity index (χ2n) is 7.29. The number of carbonyl (C=O) groups is 1. The van der Waals surface area contributed by atoms with Crippen LogP contribution in [0.1, 0.15) is 52.0 Å². The molecule has 5 heteroatoms. The minimum Gasteiger partial charge on any atom is -0.481 e. The van der Waals surface area contributed by atoms with Gasteiger partial charge in [-0.2, -0.15) is 9.59 Å². The van der Waals surface area contributed by atoms with Crippen LogP contribution in [0, 0.1) is 5.41 Å². The summed E-state index contributed by atoms with van der Waals surface area (Å²) >= 11 is 0. The van der Waals surface area contributed by atoms with Gasteiger partial charge < -0.3 is 5.11 Å². The molecule has 1 aliphatic rings. The summed E-state index contributed by atoms with van der Waals surface area (Å²) in [6.45, 7) is 7.78. The molecule has 0 bridgehead atoms. The normalized spacial score (nSPS) is 20.8. The van der Waals surface area contributed by atoms with E-state index in [-0.39, 0.29) is 18.0 Å². The monoisotopic (exact) mass is 333 g/mol. The summed E-state index contributed by atoms with van der Waals surface area (Å²) in [5, 5.41) is 8.96. The van der Waals surface area contributed by atoms with E-state index in [0.29, 0.717) is 12.1 Å². The van der Waals surface area contributed by atoms with Gasteiger partial charge in [0.2, 0.25) is 0 Å². The molecule has 24 heavy (non-hydrogen) atoms. The minimum atomic E-state index is -0.686. The Hall–Kier alpha value is -1.97. The Morgan fingerprint density at radius 2 is 1.79 bits per heavy atom. The Bertz CT molecular complexity index is 544. The largest absolute Gasteiger partial charge is 0.481 e. The van der Waals surface area contributed by atoms with Gasteiger partial charge in [-0.25, -0.2) is 0 Å². The average Bonchev–Trinajstić information content (AvgIpc) is 2.90. The molecule has 0 aliphatic carbocycles. The van der Waals surface area contributed by atoms with Crippen LogP contribution < -0.4 is 0 Å². The molecule has 1 heterocycles. The van der Waals surface area contributed by atoms with Crippen LogP contribution in [-0.4, -0.2) is 34.2 Å². The van der Waals surface area contributed by atoms with Crippen LogP contribution in [0.25, 0.3) is 0 Å². The molecule has 0 aromatic heterocycles. The van der Waals surface area contributed by atoms with Gasteiger partial charge >= 0.3 is 12.1 Å². The van der Waals surface area contributed by atoms with Crippen molar-refractivity contribution >= 4 is 12.1 Å². The van der Waals surface area contributed by atoms with E-state index < -0.39 is 5.97 Å². The summed E-state index contributed by atoms with van der Waals surface area (Å²) in [7, 11) is 0. The highest BCUT2D eigenvalue weighted by atomic mass is 16.4. The maximum absolute atomic E-state index is 10.9. The van der Waals surface area contributed by atoms with Gasteiger partial charge in [0.25, 0.3) is 0 Å². The van der Waals surface area contributed by atoms with Crippen molar-refractivity contribution in [1.29, 1.82) is 0 Å². The number of benzene rings is 1. The van der Waals surface area contributed by atoms with E-state index in [9.17, 15) is 4.79 Å². The van der Waals surface area contributed by atoms with Crippen LogP contribution in [0.15, 0.2) is 30.3 Å². The van der Waals surface area contributed by atoms with Crippen LogP contribution in [-0.2, 0) is 20.9 Å². The lowest BCUT2D eigenvalue weighted by Crippen LogP contribution is -2.42. The van der Waals surface area contributed by atoms with E-state index in [1.807, 2.05) is 6.07 Å². The number of rotatable bonds is 5. The van der Waals surface area contributed by atoms with Gasteiger partial charge in [-0.15, -0.1) is 0 Å². The first kappa shape index (κ1) is 20.1. The minimum absolute atomic E-state index is 0.229. The summed E-state index contributed by atoms with van der Waals surface area (Å²) in [6, 6.07) is 11.4. The lowest BCUT2D eigenvalue weighted by atomic mass is 9.85. The molecule has 0 spiro atoms. The zero-order valence-corrected chi connectivity index (χ0v) is 14.7. The molecule has 2 rings (SSSR count). The molecule has 2 atom stereocenters. The predicted octanol–water partition coefficient (Wildman–Crippen LogP) is 3.35. The van der Waals surface area contributed by atoms with E-state index >= 15 is 0 Å². The van der Waals surface area contributed by atoms with E-state index in [0.717, 1.165) is 19.4 Å². The Morgan fingerprint density at radius 3 is 2.29 bits per heavy atom. The SMILES string of the molecule is CC(C)(C)[C@@H]1CC[C@H](CCC(=O)O)N1Cc1ccccc1.O=C=O. The summed E-state index contributed by atoms with van der Waals surface area (Å²) in [5.41, 5.74) is 1.54. The Kier molecular flexibility index (Phi) is 7.83. The average molecular weight is 333 g/mol. The molecule has 1 fully saturated rings. The first-order valence-electron chi connectivity index (χ1n) is 8.30. The Labute approximate surface area is 143 Å². The maximum atomic E-state index is 10.9. The summed E-state index contributed by atoms with van der Waals surface area (Å²) in [5.74, 6) is -0.686. The van der Waals surface area contributed by atoms with Gasteiger partial charge in [-0.3, -0.25) is 9.69 Å². The zero-order valence-electron chi connectivity index (χ0n) is 14.7. The number of carboxylic acid groups (broad SMARTS) is 1. The van der Waals surface area contributed by atoms with Crippen LogP contribution in [0.5, 0.6) is 0 Å². The fourth-order valence-corrected chi connectivity index (χ4v) is 3.50. The lowest BCUT2D eigenvalue weighted by molar-refractivity contribution is -0.191. The Morgan fingerprint density at radius 1 is 1.21 bits per heavy atom. The van der Waals surface area contributed by atoms with Gasteiger partial charge in [0.15, 0.2) is 0 Å². The standard InChI is InChI=1S/C18H27NO2.CO2/c1-18(2,3)16-11-9-15(10-12-17(20)21)19(16)13-14-7-5-4-6-8-14;2-1-3/h4-8,15-16H,9-13H2,1-3H3,(H,20,21);/t15-,16+;/m1./s1. The van der Waals surface area contributed by atoms with Crippen LogP contribution >= 0.6 is 0 Å². The van der Waals surface area contributed by atoms with Crippen molar-refractivity contribution < 1.29 is 19.5 Å². The van der Waals surface area contributed by atoms with Crippen molar-refractivity contribution in [2.75, 3.05) is 0 Å². The number of hydrogen-bond donors (Lipinski definition) is 1. The zero-order chi connectivity index (χ0) is 18.2. The molecule has 0 amide bonds. The van der Waals surface area contributed by atoms with Crippen LogP contribution in [0.2, 0.25) is 0 Å². The molecular weight excluding hydrogens is 306 g/mol. The second-order valence-corrected chi connectivity index (χ2v) is 7.29. The molecule has 0 saturated carbocycles. The summed E-state index contributed by atoms with van der Waals surface area (Å²) in [4.78, 5) is 29.7. The predicted molar refractivity (Wildman–Crippen MR) is 90.1 cm³/mol. The van der Waals surface area contributed by atoms with Crippen molar-refractivity contribution in [2.24, 2.45) is 5.41 Å². The molecule has 1 aromatic rings. The van der Waals surface area contributed by atoms with Crippen molar-refractivity contribution in [3.63, 3.8) is 0 Å². The highest BCUT2D eigenvalue weighted by Gasteiger charge is 2.39. The molecule has 1 N–H and O–H groups in total. The van der Waals surface area contributed by atoms with E-state index in [1.54, 1.807) is 0 Å². The first-order chi connectivity index (χ1) is 11.3. The molecule has 1 aliphatic heterocycles. The number of carbonyl (C=O) groups excluding carboxylic acids is 2.